The van der Waals surface area contributed by atoms with Crippen molar-refractivity contribution >= 4 is 18.0 Å². The molecule has 2 unspecified atom stereocenters. The van der Waals surface area contributed by atoms with Crippen LogP contribution in [0.4, 0.5) is 4.79 Å². The van der Waals surface area contributed by atoms with Crippen molar-refractivity contribution in [2.24, 2.45) is 5.92 Å². The Labute approximate surface area is 204 Å². The molecule has 3 N–H and O–H groups in total. The molecule has 0 aromatic heterocycles. The Morgan fingerprint density at radius 3 is 2.03 bits per heavy atom. The van der Waals surface area contributed by atoms with Crippen LogP contribution in [0.15, 0.2) is 78.9 Å². The lowest BCUT2D eigenvalue weighted by atomic mass is 9.98. The number of nitrogens with one attached hydrogen (secondary N) is 2. The largest absolute Gasteiger partial charge is 0.479 e. The average molecular weight is 473 g/mol. The first-order valence-electron chi connectivity index (χ1n) is 11.7. The van der Waals surface area contributed by atoms with Crippen molar-refractivity contribution in [1.29, 1.82) is 0 Å². The molecule has 7 heteroatoms. The van der Waals surface area contributed by atoms with Gasteiger partial charge in [0.1, 0.15) is 6.61 Å². The molecule has 3 aromatic rings. The summed E-state index contributed by atoms with van der Waals surface area (Å²) in [4.78, 5) is 36.9. The van der Waals surface area contributed by atoms with Crippen LogP contribution in [0, 0.1) is 5.92 Å². The fourth-order valence-electron chi connectivity index (χ4n) is 4.47. The zero-order valence-electron chi connectivity index (χ0n) is 19.4. The third-order valence-electron chi connectivity index (χ3n) is 6.37. The molecule has 180 valence electrons. The van der Waals surface area contributed by atoms with E-state index in [1.54, 1.807) is 30.3 Å². The molecule has 3 aromatic carbocycles. The molecule has 0 bridgehead atoms. The number of aliphatic carboxylic acids is 1. The highest BCUT2D eigenvalue weighted by Gasteiger charge is 2.29. The lowest BCUT2D eigenvalue weighted by Gasteiger charge is -2.20. The zero-order chi connectivity index (χ0) is 24.8. The van der Waals surface area contributed by atoms with Gasteiger partial charge in [-0.05, 0) is 34.2 Å². The Morgan fingerprint density at radius 2 is 1.46 bits per heavy atom. The topological polar surface area (TPSA) is 105 Å². The number of carboxylic acids is 1. The van der Waals surface area contributed by atoms with Crippen molar-refractivity contribution in [3.8, 4) is 11.1 Å². The molecule has 0 aliphatic heterocycles. The normalized spacial score (nSPS) is 13.7. The standard InChI is InChI=1S/C28H28N2O5/c1-2-18(26(31)30-25(27(32)33)19-10-4-3-5-11-19)16-29-28(34)35-17-24-22-14-8-6-12-20(22)21-13-7-9-15-23(21)24/h3-15,18,24-25H,2,16-17H2,1H3,(H,29,34)(H,30,31)(H,32,33). The number of benzene rings is 3. The molecule has 2 atom stereocenters. The Hall–Kier alpha value is -4.13. The van der Waals surface area contributed by atoms with Gasteiger partial charge in [-0.15, -0.1) is 0 Å². The molecule has 1 aliphatic rings. The van der Waals surface area contributed by atoms with E-state index in [-0.39, 0.29) is 19.1 Å². The quantitative estimate of drug-likeness (QED) is 0.426. The van der Waals surface area contributed by atoms with Gasteiger partial charge in [0.05, 0.1) is 5.92 Å². The second kappa shape index (κ2) is 10.9. The Bertz CT molecular complexity index is 1170. The van der Waals surface area contributed by atoms with E-state index in [1.807, 2.05) is 43.3 Å². The van der Waals surface area contributed by atoms with Crippen LogP contribution in [0.25, 0.3) is 11.1 Å². The fraction of sp³-hybridized carbons (Fsp3) is 0.250. The van der Waals surface area contributed by atoms with Crippen LogP contribution in [0.3, 0.4) is 0 Å². The van der Waals surface area contributed by atoms with Gasteiger partial charge in [-0.2, -0.15) is 0 Å². The van der Waals surface area contributed by atoms with Crippen LogP contribution in [-0.4, -0.2) is 36.2 Å². The number of carbonyl (C=O) groups is 3. The first kappa shape index (κ1) is 24.0. The predicted molar refractivity (Wildman–Crippen MR) is 132 cm³/mol. The summed E-state index contributed by atoms with van der Waals surface area (Å²) in [5, 5.41) is 14.8. The minimum atomic E-state index is -1.16. The molecule has 0 spiro atoms. The summed E-state index contributed by atoms with van der Waals surface area (Å²) in [7, 11) is 0. The summed E-state index contributed by atoms with van der Waals surface area (Å²) in [5.74, 6) is -2.24. The first-order valence-corrected chi connectivity index (χ1v) is 11.7. The van der Waals surface area contributed by atoms with E-state index in [0.717, 1.165) is 22.3 Å². The number of rotatable bonds is 9. The van der Waals surface area contributed by atoms with E-state index < -0.39 is 29.9 Å². The van der Waals surface area contributed by atoms with Gasteiger partial charge in [0.25, 0.3) is 0 Å². The number of alkyl carbamates (subject to hydrolysis) is 1. The van der Waals surface area contributed by atoms with Gasteiger partial charge >= 0.3 is 12.1 Å². The number of carbonyl (C=O) groups excluding carboxylic acids is 2. The van der Waals surface area contributed by atoms with Crippen molar-refractivity contribution in [2.45, 2.75) is 25.3 Å². The van der Waals surface area contributed by atoms with E-state index in [9.17, 15) is 19.5 Å². The number of amides is 2. The second-order valence-corrected chi connectivity index (χ2v) is 8.50. The average Bonchev–Trinajstić information content (AvgIpc) is 3.20. The monoisotopic (exact) mass is 472 g/mol. The molecule has 0 saturated heterocycles. The number of hydrogen-bond donors (Lipinski definition) is 3. The summed E-state index contributed by atoms with van der Waals surface area (Å²) in [5.41, 5.74) is 5.01. The Kier molecular flexibility index (Phi) is 7.45. The summed E-state index contributed by atoms with van der Waals surface area (Å²) >= 11 is 0. The summed E-state index contributed by atoms with van der Waals surface area (Å²) in [6.45, 7) is 2.03. The van der Waals surface area contributed by atoms with Crippen LogP contribution >= 0.6 is 0 Å². The van der Waals surface area contributed by atoms with E-state index in [1.165, 1.54) is 0 Å². The molecular formula is C28H28N2O5. The summed E-state index contributed by atoms with van der Waals surface area (Å²) in [6.07, 6.45) is -0.188. The van der Waals surface area contributed by atoms with Crippen LogP contribution in [-0.2, 0) is 14.3 Å². The lowest BCUT2D eigenvalue weighted by molar-refractivity contribution is -0.142. The van der Waals surface area contributed by atoms with Gasteiger partial charge in [0.2, 0.25) is 5.91 Å². The predicted octanol–water partition coefficient (Wildman–Crippen LogP) is 4.49. The van der Waals surface area contributed by atoms with Crippen molar-refractivity contribution in [3.63, 3.8) is 0 Å². The van der Waals surface area contributed by atoms with Gasteiger partial charge in [-0.25, -0.2) is 9.59 Å². The molecule has 35 heavy (non-hydrogen) atoms. The van der Waals surface area contributed by atoms with E-state index in [4.69, 9.17) is 4.74 Å². The van der Waals surface area contributed by atoms with Gasteiger partial charge < -0.3 is 20.5 Å². The van der Waals surface area contributed by atoms with Crippen LogP contribution in [0.5, 0.6) is 0 Å². The van der Waals surface area contributed by atoms with Gasteiger partial charge in [-0.1, -0.05) is 85.8 Å². The molecule has 2 amide bonds. The van der Waals surface area contributed by atoms with E-state index >= 15 is 0 Å². The van der Waals surface area contributed by atoms with Crippen LogP contribution < -0.4 is 10.6 Å². The second-order valence-electron chi connectivity index (χ2n) is 8.50. The van der Waals surface area contributed by atoms with Gasteiger partial charge in [0.15, 0.2) is 6.04 Å². The smallest absolute Gasteiger partial charge is 0.407 e. The molecular weight excluding hydrogens is 444 g/mol. The van der Waals surface area contributed by atoms with Crippen LogP contribution in [0.1, 0.15) is 42.0 Å². The first-order chi connectivity index (χ1) is 17.0. The number of carboxylic acid groups (broad SMARTS) is 1. The minimum Gasteiger partial charge on any atom is -0.479 e. The zero-order valence-corrected chi connectivity index (χ0v) is 19.4. The van der Waals surface area contributed by atoms with Gasteiger partial charge in [0, 0.05) is 12.5 Å². The van der Waals surface area contributed by atoms with E-state index in [0.29, 0.717) is 12.0 Å². The van der Waals surface area contributed by atoms with E-state index in [2.05, 4.69) is 22.8 Å². The molecule has 0 saturated carbocycles. The molecule has 0 radical (unpaired) electrons. The third-order valence-corrected chi connectivity index (χ3v) is 6.37. The number of ether oxygens (including phenoxy) is 1. The molecule has 4 rings (SSSR count). The highest BCUT2D eigenvalue weighted by molar-refractivity contribution is 5.86. The minimum absolute atomic E-state index is 0.0418. The number of fused-ring (bicyclic) bond motifs is 3. The van der Waals surface area contributed by atoms with Crippen LogP contribution in [0.2, 0.25) is 0 Å². The Balaban J connectivity index is 1.33. The molecule has 0 fully saturated rings. The van der Waals surface area contributed by atoms with Crippen molar-refractivity contribution < 1.29 is 24.2 Å². The van der Waals surface area contributed by atoms with Crippen molar-refractivity contribution in [3.05, 3.63) is 95.6 Å². The SMILES string of the molecule is CCC(CNC(=O)OCC1c2ccccc2-c2ccccc21)C(=O)NC(C(=O)O)c1ccccc1. The highest BCUT2D eigenvalue weighted by Crippen LogP contribution is 2.44. The van der Waals surface area contributed by atoms with Crippen molar-refractivity contribution in [1.82, 2.24) is 10.6 Å². The lowest BCUT2D eigenvalue weighted by Crippen LogP contribution is -2.42. The summed E-state index contributed by atoms with van der Waals surface area (Å²) in [6, 6.07) is 23.5. The highest BCUT2D eigenvalue weighted by atomic mass is 16.5. The van der Waals surface area contributed by atoms with Crippen molar-refractivity contribution in [2.75, 3.05) is 13.2 Å². The Morgan fingerprint density at radius 1 is 0.886 bits per heavy atom. The summed E-state index contributed by atoms with van der Waals surface area (Å²) < 4.78 is 5.53. The maximum absolute atomic E-state index is 12.8. The fourth-order valence-corrected chi connectivity index (χ4v) is 4.47. The maximum Gasteiger partial charge on any atom is 0.407 e. The maximum atomic E-state index is 12.8. The third kappa shape index (κ3) is 5.35. The number of hydrogen-bond acceptors (Lipinski definition) is 4. The molecule has 0 heterocycles. The molecule has 7 nitrogen and oxygen atoms in total. The van der Waals surface area contributed by atoms with Gasteiger partial charge in [-0.3, -0.25) is 4.79 Å². The molecule has 1 aliphatic carbocycles.